The van der Waals surface area contributed by atoms with Crippen molar-refractivity contribution in [2.24, 2.45) is 0 Å². The third-order valence-corrected chi connectivity index (χ3v) is 6.00. The van der Waals surface area contributed by atoms with Crippen LogP contribution in [0.25, 0.3) is 0 Å². The van der Waals surface area contributed by atoms with Crippen molar-refractivity contribution in [2.75, 3.05) is 13.1 Å². The van der Waals surface area contributed by atoms with Gasteiger partial charge in [-0.1, -0.05) is 0 Å². The topological polar surface area (TPSA) is 124 Å². The van der Waals surface area contributed by atoms with Gasteiger partial charge in [-0.05, 0) is 24.1 Å². The number of rotatable bonds is 4. The molecule has 1 aromatic carbocycles. The zero-order chi connectivity index (χ0) is 24.6. The van der Waals surface area contributed by atoms with Crippen molar-refractivity contribution in [3.05, 3.63) is 51.6 Å². The maximum Gasteiger partial charge on any atom is 0.451 e. The summed E-state index contributed by atoms with van der Waals surface area (Å²) in [6.07, 6.45) is -5.15. The maximum atomic E-state index is 13.1. The number of fused-ring (bicyclic) bond motifs is 1. The molecule has 0 bridgehead atoms. The summed E-state index contributed by atoms with van der Waals surface area (Å²) in [5.74, 6) is -1.53. The summed E-state index contributed by atoms with van der Waals surface area (Å²) in [7, 11) is 0. The Morgan fingerprint density at radius 2 is 1.91 bits per heavy atom. The van der Waals surface area contributed by atoms with E-state index in [1.165, 1.54) is 34.1 Å². The fourth-order valence-corrected chi connectivity index (χ4v) is 4.33. The third-order valence-electron chi connectivity index (χ3n) is 5.63. The molecule has 3 heterocycles. The number of carbonyl (C=O) groups excluding carboxylic acids is 2. The monoisotopic (exact) mass is 500 g/mol. The molecule has 0 radical (unpaired) electrons. The van der Waals surface area contributed by atoms with Crippen molar-refractivity contribution < 1.29 is 32.4 Å². The molecule has 2 aromatic rings. The van der Waals surface area contributed by atoms with E-state index in [4.69, 9.17) is 4.74 Å². The third kappa shape index (κ3) is 4.78. The first-order valence-electron chi connectivity index (χ1n) is 10.2. The number of amides is 2. The minimum Gasteiger partial charge on any atom is -0.445 e. The number of alkyl halides is 3. The lowest BCUT2D eigenvalue weighted by Crippen LogP contribution is -2.50. The van der Waals surface area contributed by atoms with E-state index in [1.807, 2.05) is 0 Å². The number of thiol groups is 1. The van der Waals surface area contributed by atoms with Gasteiger partial charge in [0.15, 0.2) is 5.82 Å². The van der Waals surface area contributed by atoms with Crippen molar-refractivity contribution in [1.82, 2.24) is 24.6 Å². The normalized spacial score (nSPS) is 20.2. The minimum atomic E-state index is -4.65. The van der Waals surface area contributed by atoms with E-state index >= 15 is 0 Å². The highest BCUT2D eigenvalue weighted by Gasteiger charge is 2.44. The molecule has 1 fully saturated rings. The van der Waals surface area contributed by atoms with Gasteiger partial charge in [0.25, 0.3) is 5.69 Å². The molecule has 15 heteroatoms. The van der Waals surface area contributed by atoms with E-state index in [2.05, 4.69) is 22.8 Å². The van der Waals surface area contributed by atoms with Crippen molar-refractivity contribution in [2.45, 2.75) is 43.6 Å². The van der Waals surface area contributed by atoms with Crippen LogP contribution in [-0.2, 0) is 35.4 Å². The largest absolute Gasteiger partial charge is 0.451 e. The number of carbonyl (C=O) groups is 2. The lowest BCUT2D eigenvalue weighted by molar-refractivity contribution is -0.384. The van der Waals surface area contributed by atoms with Crippen LogP contribution in [0, 0.1) is 10.1 Å². The second-order valence-electron chi connectivity index (χ2n) is 7.88. The lowest BCUT2D eigenvalue weighted by atomic mass is 10.1. The number of likely N-dealkylation sites (tertiary alicyclic amines) is 1. The van der Waals surface area contributed by atoms with E-state index in [0.29, 0.717) is 5.56 Å². The fourth-order valence-electron chi connectivity index (χ4n) is 3.96. The van der Waals surface area contributed by atoms with Gasteiger partial charge in [-0.2, -0.15) is 25.8 Å². The van der Waals surface area contributed by atoms with E-state index in [0.717, 1.165) is 4.57 Å². The molecule has 0 unspecified atom stereocenters. The van der Waals surface area contributed by atoms with Gasteiger partial charge in [0.05, 0.1) is 11.5 Å². The molecule has 2 aliphatic heterocycles. The van der Waals surface area contributed by atoms with Gasteiger partial charge < -0.3 is 14.2 Å². The lowest BCUT2D eigenvalue weighted by Gasteiger charge is -2.32. The van der Waals surface area contributed by atoms with Gasteiger partial charge in [0.2, 0.25) is 11.7 Å². The Hall–Kier alpha value is -3.36. The van der Waals surface area contributed by atoms with Gasteiger partial charge >= 0.3 is 12.3 Å². The number of hydrogen-bond donors (Lipinski definition) is 1. The SMILES string of the molecule is O=C([C@@H]1C[C@H](S)CN1C(=O)OCc1ccc([N+](=O)[O-])cc1)N1CCn2c(nnc2C(F)(F)F)C1. The van der Waals surface area contributed by atoms with Gasteiger partial charge in [-0.25, -0.2) is 4.79 Å². The minimum absolute atomic E-state index is 0.00632. The highest BCUT2D eigenvalue weighted by Crippen LogP contribution is 2.30. The summed E-state index contributed by atoms with van der Waals surface area (Å²) >= 11 is 4.38. The van der Waals surface area contributed by atoms with Crippen LogP contribution in [0.5, 0.6) is 0 Å². The molecular formula is C19H19F3N6O5S. The van der Waals surface area contributed by atoms with Crippen LogP contribution >= 0.6 is 12.6 Å². The molecule has 1 aromatic heterocycles. The summed E-state index contributed by atoms with van der Waals surface area (Å²) in [4.78, 5) is 38.6. The Kier molecular flexibility index (Phi) is 6.38. The van der Waals surface area contributed by atoms with Gasteiger partial charge in [-0.3, -0.25) is 19.8 Å². The van der Waals surface area contributed by atoms with Crippen LogP contribution in [0.15, 0.2) is 24.3 Å². The average molecular weight is 500 g/mol. The molecule has 0 N–H and O–H groups in total. The summed E-state index contributed by atoms with van der Waals surface area (Å²) in [6.45, 7) is -0.280. The molecule has 2 amide bonds. The van der Waals surface area contributed by atoms with E-state index in [-0.39, 0.29) is 56.0 Å². The van der Waals surface area contributed by atoms with Crippen LogP contribution in [0.4, 0.5) is 23.7 Å². The van der Waals surface area contributed by atoms with Crippen molar-refractivity contribution in [3.8, 4) is 0 Å². The standard InChI is InChI=1S/C19H19F3N6O5S/c20-19(21,22)17-24-23-15-9-25(5-6-26(15)17)16(29)14-7-13(34)8-27(14)18(30)33-10-11-1-3-12(4-2-11)28(31)32/h1-4,13-14,34H,5-10H2/t13-,14-/m0/s1. The van der Waals surface area contributed by atoms with Crippen LogP contribution in [-0.4, -0.2) is 65.9 Å². The number of ether oxygens (including phenoxy) is 1. The number of hydrogen-bond acceptors (Lipinski definition) is 8. The van der Waals surface area contributed by atoms with Crippen LogP contribution in [0.2, 0.25) is 0 Å². The Bertz CT molecular complexity index is 1110. The molecule has 182 valence electrons. The number of nitro groups is 1. The van der Waals surface area contributed by atoms with Gasteiger partial charge in [0.1, 0.15) is 12.6 Å². The number of nitro benzene ring substituents is 1. The summed E-state index contributed by atoms with van der Waals surface area (Å²) in [6, 6.07) is 4.60. The zero-order valence-corrected chi connectivity index (χ0v) is 18.4. The first-order chi connectivity index (χ1) is 16.0. The fraction of sp³-hybridized carbons (Fsp3) is 0.474. The quantitative estimate of drug-likeness (QED) is 0.388. The second kappa shape index (κ2) is 9.12. The summed E-state index contributed by atoms with van der Waals surface area (Å²) in [5, 5.41) is 17.2. The predicted octanol–water partition coefficient (Wildman–Crippen LogP) is 2.26. The number of aromatic nitrogens is 3. The summed E-state index contributed by atoms with van der Waals surface area (Å²) in [5.41, 5.74) is 0.428. The highest BCUT2D eigenvalue weighted by atomic mass is 32.1. The van der Waals surface area contributed by atoms with Crippen LogP contribution in [0.3, 0.4) is 0 Å². The van der Waals surface area contributed by atoms with E-state index in [1.54, 1.807) is 0 Å². The first kappa shape index (κ1) is 23.8. The van der Waals surface area contributed by atoms with Crippen LogP contribution < -0.4 is 0 Å². The Balaban J connectivity index is 1.40. The Morgan fingerprint density at radius 3 is 2.56 bits per heavy atom. The van der Waals surface area contributed by atoms with Crippen molar-refractivity contribution >= 4 is 30.3 Å². The number of non-ortho nitro benzene ring substituents is 1. The molecule has 4 rings (SSSR count). The van der Waals surface area contributed by atoms with Gasteiger partial charge in [0, 0.05) is 37.0 Å². The maximum absolute atomic E-state index is 13.1. The molecule has 2 aliphatic rings. The van der Waals surface area contributed by atoms with Crippen molar-refractivity contribution in [1.29, 1.82) is 0 Å². The van der Waals surface area contributed by atoms with Gasteiger partial charge in [-0.15, -0.1) is 10.2 Å². The number of nitrogens with zero attached hydrogens (tertiary/aromatic N) is 6. The van der Waals surface area contributed by atoms with Crippen molar-refractivity contribution in [3.63, 3.8) is 0 Å². The first-order valence-corrected chi connectivity index (χ1v) is 10.7. The molecule has 0 saturated carbocycles. The molecular weight excluding hydrogens is 481 g/mol. The number of halogens is 3. The molecule has 1 saturated heterocycles. The predicted molar refractivity (Wildman–Crippen MR) is 112 cm³/mol. The smallest absolute Gasteiger partial charge is 0.445 e. The van der Waals surface area contributed by atoms with E-state index < -0.39 is 35.0 Å². The Morgan fingerprint density at radius 1 is 1.21 bits per heavy atom. The molecule has 2 atom stereocenters. The van der Waals surface area contributed by atoms with Crippen LogP contribution in [0.1, 0.15) is 23.6 Å². The highest BCUT2D eigenvalue weighted by molar-refractivity contribution is 7.81. The second-order valence-corrected chi connectivity index (χ2v) is 8.62. The molecule has 34 heavy (non-hydrogen) atoms. The summed E-state index contributed by atoms with van der Waals surface area (Å²) < 4.78 is 45.4. The zero-order valence-electron chi connectivity index (χ0n) is 17.5. The molecule has 0 aliphatic carbocycles. The Labute approximate surface area is 196 Å². The van der Waals surface area contributed by atoms with E-state index in [9.17, 15) is 32.9 Å². The molecule has 11 nitrogen and oxygen atoms in total. The molecule has 0 spiro atoms. The average Bonchev–Trinajstić information content (AvgIpc) is 3.40. The number of benzene rings is 1.